The Bertz CT molecular complexity index is 1290. The molecule has 0 radical (unpaired) electrons. The van der Waals surface area contributed by atoms with Gasteiger partial charge in [-0.25, -0.2) is 13.4 Å². The summed E-state index contributed by atoms with van der Waals surface area (Å²) < 4.78 is 34.1. The highest BCUT2D eigenvalue weighted by atomic mass is 32.2. The largest absolute Gasteiger partial charge is 0.497 e. The van der Waals surface area contributed by atoms with Gasteiger partial charge in [0.05, 0.1) is 30.7 Å². The van der Waals surface area contributed by atoms with Crippen LogP contribution >= 0.6 is 0 Å². The number of hydrazine groups is 1. The van der Waals surface area contributed by atoms with Gasteiger partial charge >= 0.3 is 0 Å². The molecule has 0 heterocycles. The van der Waals surface area contributed by atoms with Gasteiger partial charge in [-0.05, 0) is 60.4 Å². The molecule has 43 heavy (non-hydrogen) atoms. The molecule has 10 nitrogen and oxygen atoms in total. The van der Waals surface area contributed by atoms with E-state index in [0.717, 1.165) is 18.4 Å². The van der Waals surface area contributed by atoms with Crippen molar-refractivity contribution in [2.24, 2.45) is 11.3 Å². The summed E-state index contributed by atoms with van der Waals surface area (Å²) in [6, 6.07) is 14.8. The van der Waals surface area contributed by atoms with Gasteiger partial charge in [0.2, 0.25) is 15.9 Å². The fourth-order valence-corrected chi connectivity index (χ4v) is 6.35. The highest BCUT2D eigenvalue weighted by molar-refractivity contribution is 7.89. The molecule has 238 valence electrons. The first kappa shape index (κ1) is 34.5. The number of aliphatic hydroxyl groups excluding tert-OH is 1. The zero-order valence-electron chi connectivity index (χ0n) is 26.2. The maximum absolute atomic E-state index is 13.8. The maximum atomic E-state index is 13.8. The van der Waals surface area contributed by atoms with Gasteiger partial charge in [-0.15, -0.1) is 0 Å². The van der Waals surface area contributed by atoms with Crippen LogP contribution in [-0.2, 0) is 26.0 Å². The number of methoxy groups -OCH3 is 1. The molecule has 2 atom stereocenters. The van der Waals surface area contributed by atoms with E-state index in [0.29, 0.717) is 11.8 Å². The minimum atomic E-state index is -4.01. The minimum absolute atomic E-state index is 0.0312. The normalized spacial score (nSPS) is 15.3. The van der Waals surface area contributed by atoms with Crippen molar-refractivity contribution in [1.29, 1.82) is 0 Å². The molecule has 2 aromatic carbocycles. The van der Waals surface area contributed by atoms with Crippen LogP contribution in [0.2, 0.25) is 0 Å². The van der Waals surface area contributed by atoms with Gasteiger partial charge in [0.25, 0.3) is 5.91 Å². The van der Waals surface area contributed by atoms with Crippen molar-refractivity contribution < 1.29 is 27.9 Å². The van der Waals surface area contributed by atoms with Gasteiger partial charge in [0, 0.05) is 25.6 Å². The average Bonchev–Trinajstić information content (AvgIpc) is 3.77. The van der Waals surface area contributed by atoms with Crippen LogP contribution < -0.4 is 15.5 Å². The summed E-state index contributed by atoms with van der Waals surface area (Å²) in [4.78, 5) is 26.9. The summed E-state index contributed by atoms with van der Waals surface area (Å²) in [5, 5.41) is 16.2. The molecule has 0 saturated heterocycles. The fraction of sp³-hybridized carbons (Fsp3) is 0.562. The zero-order valence-corrected chi connectivity index (χ0v) is 27.1. The first-order valence-corrected chi connectivity index (χ1v) is 16.3. The molecule has 0 spiro atoms. The van der Waals surface area contributed by atoms with Crippen LogP contribution in [0.3, 0.4) is 0 Å². The van der Waals surface area contributed by atoms with Crippen LogP contribution in [0.25, 0.3) is 0 Å². The van der Waals surface area contributed by atoms with E-state index in [2.05, 4.69) is 10.7 Å². The van der Waals surface area contributed by atoms with Gasteiger partial charge in [-0.1, -0.05) is 65.0 Å². The molecule has 0 aliphatic heterocycles. The molecular formula is C32H48N4O6S. The van der Waals surface area contributed by atoms with Gasteiger partial charge in [0.1, 0.15) is 5.75 Å². The third kappa shape index (κ3) is 10.9. The second-order valence-electron chi connectivity index (χ2n) is 12.9. The smallest absolute Gasteiger partial charge is 0.252 e. The van der Waals surface area contributed by atoms with Crippen LogP contribution in [0.4, 0.5) is 0 Å². The first-order chi connectivity index (χ1) is 20.2. The SMILES string of the molecule is COc1ccc(S(=O)(=O)N(CC(C)C)C[C@@H](O)C(Cc2ccccc2)N(NC(=O)CNC2CC2)C(=O)CC(C)(C)C)cc1. The number of benzene rings is 2. The van der Waals surface area contributed by atoms with Gasteiger partial charge < -0.3 is 15.2 Å². The highest BCUT2D eigenvalue weighted by Gasteiger charge is 2.37. The summed E-state index contributed by atoms with van der Waals surface area (Å²) in [6.07, 6.45) is 0.994. The van der Waals surface area contributed by atoms with Crippen LogP contribution in [0.5, 0.6) is 5.75 Å². The summed E-state index contributed by atoms with van der Waals surface area (Å²) in [5.74, 6) is -0.276. The molecule has 1 fully saturated rings. The second-order valence-corrected chi connectivity index (χ2v) is 14.8. The molecule has 11 heteroatoms. The van der Waals surface area contributed by atoms with E-state index in [1.807, 2.05) is 65.0 Å². The topological polar surface area (TPSA) is 128 Å². The third-order valence-corrected chi connectivity index (χ3v) is 8.89. The van der Waals surface area contributed by atoms with E-state index in [1.165, 1.54) is 28.6 Å². The number of hydrogen-bond donors (Lipinski definition) is 3. The van der Waals surface area contributed by atoms with Crippen LogP contribution in [0.15, 0.2) is 59.5 Å². The number of nitrogens with zero attached hydrogens (tertiary/aromatic N) is 2. The van der Waals surface area contributed by atoms with Crippen molar-refractivity contribution in [3.8, 4) is 5.75 Å². The Morgan fingerprint density at radius 2 is 1.65 bits per heavy atom. The van der Waals surface area contributed by atoms with Crippen LogP contribution in [-0.4, -0.2) is 79.6 Å². The zero-order chi connectivity index (χ0) is 31.8. The number of hydrogen-bond acceptors (Lipinski definition) is 7. The van der Waals surface area contributed by atoms with E-state index < -0.39 is 33.5 Å². The Kier molecular flexibility index (Phi) is 12.1. The van der Waals surface area contributed by atoms with E-state index in [9.17, 15) is 23.1 Å². The quantitative estimate of drug-likeness (QED) is 0.262. The van der Waals surface area contributed by atoms with E-state index in [-0.39, 0.29) is 49.2 Å². The number of carbonyl (C=O) groups excluding carboxylic acids is 2. The third-order valence-electron chi connectivity index (χ3n) is 7.04. The average molecular weight is 617 g/mol. The van der Waals surface area contributed by atoms with Crippen LogP contribution in [0, 0.1) is 11.3 Å². The maximum Gasteiger partial charge on any atom is 0.252 e. The standard InChI is InChI=1S/C32H48N4O6S/c1-23(2)21-35(43(40,41)27-16-14-26(42-6)15-17-27)22-29(37)28(18-24-10-8-7-9-11-24)36(31(39)19-32(3,4)5)34-30(38)20-33-25-12-13-25/h7-11,14-17,23,25,28-29,33,37H,12-13,18-22H2,1-6H3,(H,34,38)/t28?,29-/m1/s1. The van der Waals surface area contributed by atoms with Crippen LogP contribution in [0.1, 0.15) is 59.4 Å². The number of amides is 2. The molecular weight excluding hydrogens is 568 g/mol. The Hall–Kier alpha value is -2.99. The Morgan fingerprint density at radius 3 is 2.19 bits per heavy atom. The van der Waals surface area contributed by atoms with Gasteiger partial charge in [-0.3, -0.25) is 15.0 Å². The van der Waals surface area contributed by atoms with E-state index in [4.69, 9.17) is 4.74 Å². The molecule has 2 amide bonds. The number of sulfonamides is 1. The molecule has 1 saturated carbocycles. The Labute approximate surface area is 256 Å². The summed E-state index contributed by atoms with van der Waals surface area (Å²) in [7, 11) is -2.51. The second kappa shape index (κ2) is 15.1. The van der Waals surface area contributed by atoms with Gasteiger partial charge in [0.15, 0.2) is 0 Å². The summed E-state index contributed by atoms with van der Waals surface area (Å²) in [5.41, 5.74) is 3.20. The molecule has 1 aliphatic carbocycles. The molecule has 2 aromatic rings. The number of carbonyl (C=O) groups is 2. The monoisotopic (exact) mass is 616 g/mol. The van der Waals surface area contributed by atoms with Crippen molar-refractivity contribution in [2.75, 3.05) is 26.7 Å². The van der Waals surface area contributed by atoms with Crippen molar-refractivity contribution in [3.05, 3.63) is 60.2 Å². The predicted octanol–water partition coefficient (Wildman–Crippen LogP) is 3.36. The Morgan fingerprint density at radius 1 is 1.02 bits per heavy atom. The van der Waals surface area contributed by atoms with E-state index in [1.54, 1.807) is 12.1 Å². The lowest BCUT2D eigenvalue weighted by Gasteiger charge is -2.38. The minimum Gasteiger partial charge on any atom is -0.497 e. The molecule has 0 bridgehead atoms. The molecule has 3 N–H and O–H groups in total. The van der Waals surface area contributed by atoms with Crippen molar-refractivity contribution in [3.63, 3.8) is 0 Å². The molecule has 3 rings (SSSR count). The lowest BCUT2D eigenvalue weighted by atomic mass is 9.91. The lowest BCUT2D eigenvalue weighted by molar-refractivity contribution is -0.149. The number of aliphatic hydroxyl groups is 1. The molecule has 1 unspecified atom stereocenters. The number of nitrogens with one attached hydrogen (secondary N) is 2. The van der Waals surface area contributed by atoms with Crippen molar-refractivity contribution in [1.82, 2.24) is 20.1 Å². The van der Waals surface area contributed by atoms with E-state index >= 15 is 0 Å². The van der Waals surface area contributed by atoms with Crippen molar-refractivity contribution >= 4 is 21.8 Å². The predicted molar refractivity (Wildman–Crippen MR) is 167 cm³/mol. The number of rotatable bonds is 15. The number of ether oxygens (including phenoxy) is 1. The summed E-state index contributed by atoms with van der Waals surface area (Å²) in [6.45, 7) is 9.48. The molecule has 1 aliphatic rings. The molecule has 0 aromatic heterocycles. The Balaban J connectivity index is 1.97. The van der Waals surface area contributed by atoms with Crippen molar-refractivity contribution in [2.45, 2.75) is 83.4 Å². The highest BCUT2D eigenvalue weighted by Crippen LogP contribution is 2.25. The first-order valence-electron chi connectivity index (χ1n) is 14.9. The lowest BCUT2D eigenvalue weighted by Crippen LogP contribution is -2.60. The van der Waals surface area contributed by atoms with Gasteiger partial charge in [-0.2, -0.15) is 4.31 Å². The fourth-order valence-electron chi connectivity index (χ4n) is 4.73. The summed E-state index contributed by atoms with van der Waals surface area (Å²) >= 11 is 0.